The molecule has 1 aliphatic heterocycles. The van der Waals surface area contributed by atoms with Crippen LogP contribution in [0, 0.1) is 0 Å². The summed E-state index contributed by atoms with van der Waals surface area (Å²) >= 11 is 1.30. The third-order valence-electron chi connectivity index (χ3n) is 3.68. The molecule has 3 aromatic rings. The number of ether oxygens (including phenoxy) is 1. The first-order valence-electron chi connectivity index (χ1n) is 7.52. The smallest absolute Gasteiger partial charge is 0.293 e. The van der Waals surface area contributed by atoms with Crippen LogP contribution in [-0.2, 0) is 4.79 Å². The number of anilines is 2. The maximum Gasteiger partial charge on any atom is 0.293 e. The van der Waals surface area contributed by atoms with Crippen LogP contribution in [0.25, 0.3) is 11.3 Å². The molecular weight excluding hydrogens is 342 g/mol. The average molecular weight is 355 g/mol. The van der Waals surface area contributed by atoms with Gasteiger partial charge in [-0.05, 0) is 37.3 Å². The van der Waals surface area contributed by atoms with Crippen LogP contribution in [0.2, 0.25) is 0 Å². The second-order valence-electron chi connectivity index (χ2n) is 5.43. The van der Waals surface area contributed by atoms with Crippen LogP contribution < -0.4 is 15.4 Å². The van der Waals surface area contributed by atoms with Gasteiger partial charge >= 0.3 is 0 Å². The summed E-state index contributed by atoms with van der Waals surface area (Å²) < 4.78 is 10.6. The molecule has 7 nitrogen and oxygen atoms in total. The molecule has 8 heteroatoms. The Labute approximate surface area is 146 Å². The molecule has 2 N–H and O–H groups in total. The van der Waals surface area contributed by atoms with Gasteiger partial charge in [0.2, 0.25) is 0 Å². The molecule has 3 heterocycles. The lowest BCUT2D eigenvalue weighted by Gasteiger charge is -2.23. The molecule has 25 heavy (non-hydrogen) atoms. The highest BCUT2D eigenvalue weighted by Gasteiger charge is 2.24. The SMILES string of the molecule is CC1Oc2ccc(-c3csc(NC(=O)c4ccco4)n3)cc2NC1=O. The van der Waals surface area contributed by atoms with E-state index in [9.17, 15) is 9.59 Å². The second kappa shape index (κ2) is 6.06. The molecule has 2 aromatic heterocycles. The first kappa shape index (κ1) is 15.4. The number of benzene rings is 1. The van der Waals surface area contributed by atoms with Gasteiger partial charge in [-0.15, -0.1) is 11.3 Å². The molecule has 0 aliphatic carbocycles. The van der Waals surface area contributed by atoms with Crippen molar-refractivity contribution in [3.8, 4) is 17.0 Å². The summed E-state index contributed by atoms with van der Waals surface area (Å²) in [5.41, 5.74) is 2.11. The monoisotopic (exact) mass is 355 g/mol. The third kappa shape index (κ3) is 2.99. The number of hydrogen-bond donors (Lipinski definition) is 2. The average Bonchev–Trinajstić information content (AvgIpc) is 3.27. The number of furan rings is 1. The molecule has 4 rings (SSSR count). The summed E-state index contributed by atoms with van der Waals surface area (Å²) in [6.45, 7) is 1.70. The molecule has 0 saturated heterocycles. The van der Waals surface area contributed by atoms with E-state index in [2.05, 4.69) is 15.6 Å². The topological polar surface area (TPSA) is 93.5 Å². The molecule has 0 spiro atoms. The minimum atomic E-state index is -0.513. The van der Waals surface area contributed by atoms with Crippen molar-refractivity contribution in [2.75, 3.05) is 10.6 Å². The fraction of sp³-hybridized carbons (Fsp3) is 0.118. The summed E-state index contributed by atoms with van der Waals surface area (Å²) in [4.78, 5) is 28.1. The molecule has 1 aliphatic rings. The van der Waals surface area contributed by atoms with Crippen LogP contribution in [0.1, 0.15) is 17.5 Å². The van der Waals surface area contributed by atoms with Crippen LogP contribution in [0.4, 0.5) is 10.8 Å². The van der Waals surface area contributed by atoms with E-state index in [-0.39, 0.29) is 17.6 Å². The summed E-state index contributed by atoms with van der Waals surface area (Å²) in [5, 5.41) is 7.78. The normalized spacial score (nSPS) is 15.9. The first-order chi connectivity index (χ1) is 12.1. The fourth-order valence-electron chi connectivity index (χ4n) is 2.40. The van der Waals surface area contributed by atoms with Crippen molar-refractivity contribution in [3.05, 3.63) is 47.7 Å². The van der Waals surface area contributed by atoms with Crippen molar-refractivity contribution in [1.29, 1.82) is 0 Å². The van der Waals surface area contributed by atoms with Gasteiger partial charge in [0.1, 0.15) is 5.75 Å². The highest BCUT2D eigenvalue weighted by Crippen LogP contribution is 2.34. The molecule has 0 saturated carbocycles. The minimum absolute atomic E-state index is 0.186. The molecule has 1 atom stereocenters. The number of aromatic nitrogens is 1. The fourth-order valence-corrected chi connectivity index (χ4v) is 3.11. The Morgan fingerprint density at radius 1 is 1.36 bits per heavy atom. The lowest BCUT2D eigenvalue weighted by atomic mass is 10.1. The van der Waals surface area contributed by atoms with Crippen molar-refractivity contribution in [3.63, 3.8) is 0 Å². The Hall–Kier alpha value is -3.13. The van der Waals surface area contributed by atoms with Crippen molar-refractivity contribution < 1.29 is 18.7 Å². The van der Waals surface area contributed by atoms with Crippen molar-refractivity contribution in [2.24, 2.45) is 0 Å². The quantitative estimate of drug-likeness (QED) is 0.751. The van der Waals surface area contributed by atoms with Gasteiger partial charge in [-0.1, -0.05) is 0 Å². The van der Waals surface area contributed by atoms with E-state index in [1.165, 1.54) is 17.6 Å². The molecule has 1 aromatic carbocycles. The number of fused-ring (bicyclic) bond motifs is 1. The summed E-state index contributed by atoms with van der Waals surface area (Å²) in [5.74, 6) is 0.303. The Kier molecular flexibility index (Phi) is 3.73. The largest absolute Gasteiger partial charge is 0.479 e. The van der Waals surface area contributed by atoms with Crippen LogP contribution in [0.5, 0.6) is 5.75 Å². The number of carbonyl (C=O) groups is 2. The molecule has 126 valence electrons. The Morgan fingerprint density at radius 2 is 2.24 bits per heavy atom. The van der Waals surface area contributed by atoms with Gasteiger partial charge < -0.3 is 14.5 Å². The van der Waals surface area contributed by atoms with Crippen molar-refractivity contribution >= 4 is 34.0 Å². The summed E-state index contributed by atoms with van der Waals surface area (Å²) in [6, 6.07) is 8.67. The number of carbonyl (C=O) groups excluding carboxylic acids is 2. The zero-order chi connectivity index (χ0) is 17.4. The highest BCUT2D eigenvalue weighted by atomic mass is 32.1. The van der Waals surface area contributed by atoms with E-state index in [1.54, 1.807) is 31.2 Å². The van der Waals surface area contributed by atoms with E-state index < -0.39 is 6.10 Å². The first-order valence-corrected chi connectivity index (χ1v) is 8.40. The minimum Gasteiger partial charge on any atom is -0.479 e. The van der Waals surface area contributed by atoms with Gasteiger partial charge in [0, 0.05) is 10.9 Å². The molecule has 0 radical (unpaired) electrons. The van der Waals surface area contributed by atoms with Gasteiger partial charge in [0.05, 0.1) is 17.6 Å². The molecule has 0 bridgehead atoms. The molecular formula is C17H13N3O4S. The van der Waals surface area contributed by atoms with Gasteiger partial charge in [-0.25, -0.2) is 4.98 Å². The number of nitrogens with one attached hydrogen (secondary N) is 2. The van der Waals surface area contributed by atoms with Gasteiger partial charge in [-0.3, -0.25) is 14.9 Å². The van der Waals surface area contributed by atoms with E-state index in [1.807, 2.05) is 11.4 Å². The predicted octanol–water partition coefficient (Wildman–Crippen LogP) is 3.37. The Bertz CT molecular complexity index is 949. The molecule has 1 unspecified atom stereocenters. The van der Waals surface area contributed by atoms with Crippen molar-refractivity contribution in [2.45, 2.75) is 13.0 Å². The number of amides is 2. The Morgan fingerprint density at radius 3 is 3.04 bits per heavy atom. The van der Waals surface area contributed by atoms with Crippen LogP contribution in [-0.4, -0.2) is 22.9 Å². The zero-order valence-electron chi connectivity index (χ0n) is 13.1. The summed E-state index contributed by atoms with van der Waals surface area (Å²) in [6.07, 6.45) is 0.924. The number of thiazole rings is 1. The predicted molar refractivity (Wildman–Crippen MR) is 92.9 cm³/mol. The summed E-state index contributed by atoms with van der Waals surface area (Å²) in [7, 11) is 0. The van der Waals surface area contributed by atoms with Crippen LogP contribution in [0.3, 0.4) is 0 Å². The van der Waals surface area contributed by atoms with E-state index in [4.69, 9.17) is 9.15 Å². The third-order valence-corrected chi connectivity index (χ3v) is 4.43. The highest BCUT2D eigenvalue weighted by molar-refractivity contribution is 7.14. The second-order valence-corrected chi connectivity index (χ2v) is 6.29. The van der Waals surface area contributed by atoms with E-state index >= 15 is 0 Å². The van der Waals surface area contributed by atoms with Crippen molar-refractivity contribution in [1.82, 2.24) is 4.98 Å². The number of rotatable bonds is 3. The lowest BCUT2D eigenvalue weighted by Crippen LogP contribution is -2.34. The van der Waals surface area contributed by atoms with Gasteiger partial charge in [0.25, 0.3) is 11.8 Å². The maximum absolute atomic E-state index is 12.0. The molecule has 0 fully saturated rings. The number of hydrogen-bond acceptors (Lipinski definition) is 6. The zero-order valence-corrected chi connectivity index (χ0v) is 13.9. The molecule has 2 amide bonds. The number of nitrogens with zero attached hydrogens (tertiary/aromatic N) is 1. The van der Waals surface area contributed by atoms with Crippen LogP contribution in [0.15, 0.2) is 46.4 Å². The maximum atomic E-state index is 12.0. The Balaban J connectivity index is 1.55. The lowest BCUT2D eigenvalue weighted by molar-refractivity contribution is -0.122. The van der Waals surface area contributed by atoms with E-state index in [0.717, 1.165) is 5.56 Å². The van der Waals surface area contributed by atoms with Gasteiger partial charge in [0.15, 0.2) is 17.0 Å². The van der Waals surface area contributed by atoms with E-state index in [0.29, 0.717) is 22.3 Å². The standard InChI is InChI=1S/C17H13N3O4S/c1-9-15(21)18-11-7-10(4-5-13(11)24-9)12-8-25-17(19-12)20-16(22)14-3-2-6-23-14/h2-9H,1H3,(H,18,21)(H,19,20,22). The van der Waals surface area contributed by atoms with Gasteiger partial charge in [-0.2, -0.15) is 0 Å². The van der Waals surface area contributed by atoms with Crippen LogP contribution >= 0.6 is 11.3 Å².